The first kappa shape index (κ1) is 11.6. The van der Waals surface area contributed by atoms with Crippen molar-refractivity contribution in [2.24, 2.45) is 5.92 Å². The average Bonchev–Trinajstić information content (AvgIpc) is 2.72. The fourth-order valence-corrected chi connectivity index (χ4v) is 1.63. The second kappa shape index (κ2) is 4.57. The molecule has 1 amide bonds. The summed E-state index contributed by atoms with van der Waals surface area (Å²) >= 11 is 0. The first-order valence-corrected chi connectivity index (χ1v) is 5.83. The fourth-order valence-electron chi connectivity index (χ4n) is 1.63. The van der Waals surface area contributed by atoms with Crippen LogP contribution in [0.15, 0.2) is 24.3 Å². The zero-order valence-electron chi connectivity index (χ0n) is 10.3. The number of imidazole rings is 1. The highest BCUT2D eigenvalue weighted by Gasteiger charge is 2.15. The number of amides is 1. The van der Waals surface area contributed by atoms with Crippen LogP contribution in [0.1, 0.15) is 32.6 Å². The third kappa shape index (κ3) is 2.46. The van der Waals surface area contributed by atoms with Gasteiger partial charge in [-0.25, -0.2) is 4.98 Å². The number of aromatic nitrogens is 2. The minimum absolute atomic E-state index is 0.0122. The molecule has 0 fully saturated rings. The van der Waals surface area contributed by atoms with Crippen molar-refractivity contribution in [3.63, 3.8) is 0 Å². The highest BCUT2D eigenvalue weighted by atomic mass is 16.1. The van der Waals surface area contributed by atoms with E-state index < -0.39 is 0 Å². The van der Waals surface area contributed by atoms with Crippen LogP contribution in [0.3, 0.4) is 0 Å². The maximum absolute atomic E-state index is 11.6. The number of hydrogen-bond acceptors (Lipinski definition) is 2. The molecule has 0 bridgehead atoms. The fraction of sp³-hybridized carbons (Fsp3) is 0.385. The maximum atomic E-state index is 11.6. The van der Waals surface area contributed by atoms with Gasteiger partial charge in [0.15, 0.2) is 0 Å². The van der Waals surface area contributed by atoms with E-state index in [0.717, 1.165) is 16.9 Å². The van der Waals surface area contributed by atoms with Crippen molar-refractivity contribution >= 4 is 16.9 Å². The van der Waals surface area contributed by atoms with Crippen LogP contribution in [0, 0.1) is 5.92 Å². The topological polar surface area (TPSA) is 57.8 Å². The van der Waals surface area contributed by atoms with Crippen LogP contribution in [0.25, 0.3) is 11.0 Å². The van der Waals surface area contributed by atoms with Gasteiger partial charge < -0.3 is 10.3 Å². The summed E-state index contributed by atoms with van der Waals surface area (Å²) in [7, 11) is 0. The Hall–Kier alpha value is -1.84. The molecule has 2 aromatic rings. The van der Waals surface area contributed by atoms with Crippen molar-refractivity contribution in [2.45, 2.75) is 26.8 Å². The van der Waals surface area contributed by atoms with E-state index in [2.05, 4.69) is 15.3 Å². The number of rotatable bonds is 3. The van der Waals surface area contributed by atoms with Crippen molar-refractivity contribution in [1.82, 2.24) is 15.3 Å². The average molecular weight is 231 g/mol. The third-order valence-electron chi connectivity index (χ3n) is 2.70. The number of para-hydroxylation sites is 2. The lowest BCUT2D eigenvalue weighted by Crippen LogP contribution is -2.30. The molecule has 2 rings (SSSR count). The Balaban J connectivity index is 2.19. The minimum atomic E-state index is -0.0997. The largest absolute Gasteiger partial charge is 0.346 e. The normalized spacial score (nSPS) is 12.9. The van der Waals surface area contributed by atoms with Crippen LogP contribution in [-0.2, 0) is 4.79 Å². The number of aromatic amines is 1. The van der Waals surface area contributed by atoms with E-state index in [1.165, 1.54) is 0 Å². The Bertz CT molecular complexity index is 497. The SMILES string of the molecule is CC(C)C(=O)NC(C)c1nc2ccccc2[nH]1. The summed E-state index contributed by atoms with van der Waals surface area (Å²) in [6.45, 7) is 5.68. The molecule has 0 radical (unpaired) electrons. The van der Waals surface area contributed by atoms with E-state index in [0.29, 0.717) is 0 Å². The molecule has 0 aliphatic rings. The molecule has 0 spiro atoms. The van der Waals surface area contributed by atoms with Crippen LogP contribution in [0.2, 0.25) is 0 Å². The van der Waals surface area contributed by atoms with Crippen LogP contribution in [0.5, 0.6) is 0 Å². The summed E-state index contributed by atoms with van der Waals surface area (Å²) in [6, 6.07) is 7.73. The van der Waals surface area contributed by atoms with Gasteiger partial charge in [-0.1, -0.05) is 26.0 Å². The van der Waals surface area contributed by atoms with Crippen molar-refractivity contribution in [2.75, 3.05) is 0 Å². The number of benzene rings is 1. The molecule has 0 saturated carbocycles. The summed E-state index contributed by atoms with van der Waals surface area (Å²) in [5.41, 5.74) is 1.92. The smallest absolute Gasteiger partial charge is 0.223 e. The van der Waals surface area contributed by atoms with Crippen molar-refractivity contribution in [1.29, 1.82) is 0 Å². The van der Waals surface area contributed by atoms with Crippen molar-refractivity contribution < 1.29 is 4.79 Å². The lowest BCUT2D eigenvalue weighted by molar-refractivity contribution is -0.124. The third-order valence-corrected chi connectivity index (χ3v) is 2.70. The minimum Gasteiger partial charge on any atom is -0.346 e. The standard InChI is InChI=1S/C13H17N3O/c1-8(2)13(17)14-9(3)12-15-10-6-4-5-7-11(10)16-12/h4-9H,1-3H3,(H,14,17)(H,15,16). The van der Waals surface area contributed by atoms with Gasteiger partial charge in [-0.2, -0.15) is 0 Å². The maximum Gasteiger partial charge on any atom is 0.223 e. The molecule has 0 aliphatic heterocycles. The number of nitrogens with one attached hydrogen (secondary N) is 2. The van der Waals surface area contributed by atoms with E-state index in [1.54, 1.807) is 0 Å². The first-order valence-electron chi connectivity index (χ1n) is 5.83. The highest BCUT2D eigenvalue weighted by molar-refractivity contribution is 5.78. The van der Waals surface area contributed by atoms with E-state index in [4.69, 9.17) is 0 Å². The molecule has 0 saturated heterocycles. The summed E-state index contributed by atoms with van der Waals surface area (Å²) in [4.78, 5) is 19.3. The van der Waals surface area contributed by atoms with Gasteiger partial charge in [-0.05, 0) is 19.1 Å². The monoisotopic (exact) mass is 231 g/mol. The molecular weight excluding hydrogens is 214 g/mol. The summed E-state index contributed by atoms with van der Waals surface area (Å²) < 4.78 is 0. The Morgan fingerprint density at radius 3 is 2.65 bits per heavy atom. The van der Waals surface area contributed by atoms with Crippen molar-refractivity contribution in [3.8, 4) is 0 Å². The zero-order valence-corrected chi connectivity index (χ0v) is 10.3. The first-order chi connectivity index (χ1) is 8.08. The Labute approximate surface area is 100 Å². The molecular formula is C13H17N3O. The van der Waals surface area contributed by atoms with E-state index >= 15 is 0 Å². The predicted molar refractivity (Wildman–Crippen MR) is 67.5 cm³/mol. The molecule has 90 valence electrons. The summed E-state index contributed by atoms with van der Waals surface area (Å²) in [6.07, 6.45) is 0. The van der Waals surface area contributed by atoms with Crippen LogP contribution < -0.4 is 5.32 Å². The van der Waals surface area contributed by atoms with Crippen LogP contribution in [-0.4, -0.2) is 15.9 Å². The molecule has 2 N–H and O–H groups in total. The molecule has 1 aromatic carbocycles. The molecule has 1 aromatic heterocycles. The van der Waals surface area contributed by atoms with Crippen LogP contribution >= 0.6 is 0 Å². The van der Waals surface area contributed by atoms with Gasteiger partial charge in [0.2, 0.25) is 5.91 Å². The quantitative estimate of drug-likeness (QED) is 0.852. The Morgan fingerprint density at radius 1 is 1.29 bits per heavy atom. The molecule has 0 aliphatic carbocycles. The molecule has 4 heteroatoms. The van der Waals surface area contributed by atoms with Gasteiger partial charge in [0.05, 0.1) is 17.1 Å². The van der Waals surface area contributed by atoms with Gasteiger partial charge in [0, 0.05) is 5.92 Å². The number of hydrogen-bond donors (Lipinski definition) is 2. The Morgan fingerprint density at radius 2 is 2.00 bits per heavy atom. The number of carbonyl (C=O) groups is 1. The number of nitrogens with zero attached hydrogens (tertiary/aromatic N) is 1. The summed E-state index contributed by atoms with van der Waals surface area (Å²) in [5, 5.41) is 2.92. The lowest BCUT2D eigenvalue weighted by atomic mass is 10.2. The number of fused-ring (bicyclic) bond motifs is 1. The highest BCUT2D eigenvalue weighted by Crippen LogP contribution is 2.15. The molecule has 1 unspecified atom stereocenters. The molecule has 4 nitrogen and oxygen atoms in total. The second-order valence-electron chi connectivity index (χ2n) is 4.52. The van der Waals surface area contributed by atoms with Gasteiger partial charge in [0.25, 0.3) is 0 Å². The second-order valence-corrected chi connectivity index (χ2v) is 4.52. The predicted octanol–water partition coefficient (Wildman–Crippen LogP) is 2.40. The molecule has 17 heavy (non-hydrogen) atoms. The van der Waals surface area contributed by atoms with E-state index in [1.807, 2.05) is 45.0 Å². The number of H-pyrrole nitrogens is 1. The molecule has 1 atom stereocenters. The van der Waals surface area contributed by atoms with Crippen LogP contribution in [0.4, 0.5) is 0 Å². The lowest BCUT2D eigenvalue weighted by Gasteiger charge is -2.13. The molecule has 1 heterocycles. The van der Waals surface area contributed by atoms with Gasteiger partial charge >= 0.3 is 0 Å². The van der Waals surface area contributed by atoms with Gasteiger partial charge in [-0.3, -0.25) is 4.79 Å². The Kier molecular flexibility index (Phi) is 3.13. The van der Waals surface area contributed by atoms with Gasteiger partial charge in [-0.15, -0.1) is 0 Å². The number of carbonyl (C=O) groups excluding carboxylic acids is 1. The van der Waals surface area contributed by atoms with Gasteiger partial charge in [0.1, 0.15) is 5.82 Å². The van der Waals surface area contributed by atoms with E-state index in [-0.39, 0.29) is 17.9 Å². The van der Waals surface area contributed by atoms with Crippen molar-refractivity contribution in [3.05, 3.63) is 30.1 Å². The summed E-state index contributed by atoms with van der Waals surface area (Å²) in [5.74, 6) is 0.819. The van der Waals surface area contributed by atoms with E-state index in [9.17, 15) is 4.79 Å². The zero-order chi connectivity index (χ0) is 12.4.